The Kier molecular flexibility index (Phi) is 5.19. The van der Waals surface area contributed by atoms with Gasteiger partial charge in [0.25, 0.3) is 0 Å². The summed E-state index contributed by atoms with van der Waals surface area (Å²) in [5.74, 6) is 2.14. The van der Waals surface area contributed by atoms with Gasteiger partial charge in [0.15, 0.2) is 4.34 Å². The SMILES string of the molecule is COc1cccc(Nc2nnc(SCc3coc(-c4cccs4)n3)s2)c1. The van der Waals surface area contributed by atoms with Gasteiger partial charge < -0.3 is 14.5 Å². The fourth-order valence-electron chi connectivity index (χ4n) is 2.17. The number of thioether (sulfide) groups is 1. The molecule has 1 aromatic carbocycles. The maximum Gasteiger partial charge on any atom is 0.236 e. The highest BCUT2D eigenvalue weighted by Gasteiger charge is 2.10. The van der Waals surface area contributed by atoms with Gasteiger partial charge in [0.05, 0.1) is 17.7 Å². The summed E-state index contributed by atoms with van der Waals surface area (Å²) in [6.45, 7) is 0. The number of nitrogens with one attached hydrogen (secondary N) is 1. The molecule has 26 heavy (non-hydrogen) atoms. The predicted octanol–water partition coefficient (Wildman–Crippen LogP) is 5.30. The van der Waals surface area contributed by atoms with Crippen molar-refractivity contribution in [3.63, 3.8) is 0 Å². The number of oxazole rings is 1. The Hall–Kier alpha value is -2.36. The van der Waals surface area contributed by atoms with Crippen LogP contribution in [0, 0.1) is 0 Å². The van der Waals surface area contributed by atoms with E-state index in [2.05, 4.69) is 20.5 Å². The summed E-state index contributed by atoms with van der Waals surface area (Å²) in [4.78, 5) is 5.54. The van der Waals surface area contributed by atoms with Crippen LogP contribution in [0.25, 0.3) is 10.8 Å². The molecule has 0 atom stereocenters. The molecule has 0 aliphatic heterocycles. The molecule has 4 rings (SSSR count). The fraction of sp³-hybridized carbons (Fsp3) is 0.118. The van der Waals surface area contributed by atoms with Crippen LogP contribution in [0.5, 0.6) is 5.75 Å². The van der Waals surface area contributed by atoms with Gasteiger partial charge in [-0.2, -0.15) is 0 Å². The van der Waals surface area contributed by atoms with Crippen LogP contribution in [0.1, 0.15) is 5.69 Å². The Bertz CT molecular complexity index is 981. The highest BCUT2D eigenvalue weighted by atomic mass is 32.2. The summed E-state index contributed by atoms with van der Waals surface area (Å²) < 4.78 is 11.6. The Morgan fingerprint density at radius 3 is 3.04 bits per heavy atom. The zero-order chi connectivity index (χ0) is 17.8. The minimum Gasteiger partial charge on any atom is -0.497 e. The van der Waals surface area contributed by atoms with Crippen LogP contribution in [0.2, 0.25) is 0 Å². The number of methoxy groups -OCH3 is 1. The number of ether oxygens (including phenoxy) is 1. The maximum atomic E-state index is 5.53. The first-order valence-electron chi connectivity index (χ1n) is 7.66. The van der Waals surface area contributed by atoms with E-state index < -0.39 is 0 Å². The molecule has 0 aliphatic rings. The lowest BCUT2D eigenvalue weighted by Crippen LogP contribution is -1.90. The Morgan fingerprint density at radius 1 is 1.23 bits per heavy atom. The van der Waals surface area contributed by atoms with E-state index in [0.29, 0.717) is 11.6 Å². The molecule has 0 amide bonds. The lowest BCUT2D eigenvalue weighted by atomic mass is 10.3. The average molecular weight is 403 g/mol. The molecular formula is C17H14N4O2S3. The van der Waals surface area contributed by atoms with Crippen LogP contribution in [-0.2, 0) is 5.75 Å². The van der Waals surface area contributed by atoms with Crippen LogP contribution in [0.3, 0.4) is 0 Å². The molecule has 3 aromatic heterocycles. The summed E-state index contributed by atoms with van der Waals surface area (Å²) in [5, 5.41) is 14.4. The van der Waals surface area contributed by atoms with E-state index in [9.17, 15) is 0 Å². The number of rotatable bonds is 7. The van der Waals surface area contributed by atoms with Crippen molar-refractivity contribution in [3.8, 4) is 16.5 Å². The van der Waals surface area contributed by atoms with Gasteiger partial charge in [0.2, 0.25) is 11.0 Å². The van der Waals surface area contributed by atoms with E-state index >= 15 is 0 Å². The third-order valence-electron chi connectivity index (χ3n) is 3.35. The van der Waals surface area contributed by atoms with Gasteiger partial charge in [-0.15, -0.1) is 21.5 Å². The first-order valence-corrected chi connectivity index (χ1v) is 10.3. The monoisotopic (exact) mass is 402 g/mol. The molecule has 0 radical (unpaired) electrons. The molecule has 0 unspecified atom stereocenters. The van der Waals surface area contributed by atoms with Gasteiger partial charge in [0.1, 0.15) is 12.0 Å². The highest BCUT2D eigenvalue weighted by Crippen LogP contribution is 2.31. The molecule has 0 spiro atoms. The number of anilines is 2. The summed E-state index contributed by atoms with van der Waals surface area (Å²) in [6, 6.07) is 11.7. The quantitative estimate of drug-likeness (QED) is 0.421. The van der Waals surface area contributed by atoms with Gasteiger partial charge in [0, 0.05) is 17.5 Å². The second kappa shape index (κ2) is 7.90. The average Bonchev–Trinajstić information content (AvgIpc) is 3.41. The first-order chi connectivity index (χ1) is 12.8. The standard InChI is InChI=1S/C17H14N4O2S3/c1-22-13-5-2-4-11(8-13)19-16-20-21-17(26-16)25-10-12-9-23-15(18-12)14-6-3-7-24-14/h2-9H,10H2,1H3,(H,19,20). The molecule has 0 fully saturated rings. The molecule has 0 saturated heterocycles. The van der Waals surface area contributed by atoms with Crippen molar-refractivity contribution in [2.24, 2.45) is 0 Å². The van der Waals surface area contributed by atoms with Crippen molar-refractivity contribution in [3.05, 3.63) is 53.7 Å². The third-order valence-corrected chi connectivity index (χ3v) is 6.22. The van der Waals surface area contributed by atoms with Crippen molar-refractivity contribution >= 4 is 45.3 Å². The van der Waals surface area contributed by atoms with E-state index in [-0.39, 0.29) is 0 Å². The normalized spacial score (nSPS) is 10.8. The Morgan fingerprint density at radius 2 is 2.19 bits per heavy atom. The van der Waals surface area contributed by atoms with Gasteiger partial charge in [-0.05, 0) is 23.6 Å². The topological polar surface area (TPSA) is 73.1 Å². The fourth-order valence-corrected chi connectivity index (χ4v) is 4.47. The molecule has 0 aliphatic carbocycles. The Labute approximate surface area is 162 Å². The van der Waals surface area contributed by atoms with Crippen LogP contribution in [0.4, 0.5) is 10.8 Å². The van der Waals surface area contributed by atoms with Crippen LogP contribution in [-0.4, -0.2) is 22.3 Å². The summed E-state index contributed by atoms with van der Waals surface area (Å²) in [6.07, 6.45) is 1.69. The number of hydrogen-bond acceptors (Lipinski definition) is 9. The molecule has 1 N–H and O–H groups in total. The zero-order valence-corrected chi connectivity index (χ0v) is 16.2. The molecule has 9 heteroatoms. The van der Waals surface area contributed by atoms with Gasteiger partial charge in [-0.3, -0.25) is 0 Å². The third kappa shape index (κ3) is 4.06. The minimum absolute atomic E-state index is 0.660. The smallest absolute Gasteiger partial charge is 0.236 e. The Balaban J connectivity index is 1.36. The molecule has 4 aromatic rings. The summed E-state index contributed by atoms with van der Waals surface area (Å²) in [5.41, 5.74) is 1.80. The minimum atomic E-state index is 0.660. The summed E-state index contributed by atoms with van der Waals surface area (Å²) in [7, 11) is 1.65. The van der Waals surface area contributed by atoms with Crippen molar-refractivity contribution in [2.75, 3.05) is 12.4 Å². The number of benzene rings is 1. The lowest BCUT2D eigenvalue weighted by Gasteiger charge is -2.04. The molecule has 0 saturated carbocycles. The number of thiophene rings is 1. The van der Waals surface area contributed by atoms with E-state index in [1.807, 2.05) is 41.8 Å². The second-order valence-electron chi connectivity index (χ2n) is 5.14. The second-order valence-corrected chi connectivity index (χ2v) is 8.29. The van der Waals surface area contributed by atoms with Gasteiger partial charge >= 0.3 is 0 Å². The molecule has 3 heterocycles. The van der Waals surface area contributed by atoms with Crippen LogP contribution in [0.15, 0.2) is 56.8 Å². The van der Waals surface area contributed by atoms with Crippen molar-refractivity contribution in [2.45, 2.75) is 10.1 Å². The van der Waals surface area contributed by atoms with Crippen LogP contribution >= 0.6 is 34.4 Å². The lowest BCUT2D eigenvalue weighted by molar-refractivity contribution is 0.415. The maximum absolute atomic E-state index is 5.53. The zero-order valence-electron chi connectivity index (χ0n) is 13.7. The van der Waals surface area contributed by atoms with Gasteiger partial charge in [-0.25, -0.2) is 4.98 Å². The van der Waals surface area contributed by atoms with E-state index in [0.717, 1.165) is 31.5 Å². The van der Waals surface area contributed by atoms with Gasteiger partial charge in [-0.1, -0.05) is 35.2 Å². The predicted molar refractivity (Wildman–Crippen MR) is 106 cm³/mol. The molecular weight excluding hydrogens is 388 g/mol. The highest BCUT2D eigenvalue weighted by molar-refractivity contribution is 8.00. The largest absolute Gasteiger partial charge is 0.497 e. The van der Waals surface area contributed by atoms with Crippen molar-refractivity contribution in [1.82, 2.24) is 15.2 Å². The molecule has 0 bridgehead atoms. The van der Waals surface area contributed by atoms with Crippen LogP contribution < -0.4 is 10.1 Å². The van der Waals surface area contributed by atoms with Crippen molar-refractivity contribution in [1.29, 1.82) is 0 Å². The summed E-state index contributed by atoms with van der Waals surface area (Å²) >= 11 is 4.69. The number of nitrogens with zero attached hydrogens (tertiary/aromatic N) is 3. The van der Waals surface area contributed by atoms with E-state index in [1.54, 1.807) is 36.5 Å². The number of aromatic nitrogens is 3. The molecule has 132 valence electrons. The van der Waals surface area contributed by atoms with Crippen molar-refractivity contribution < 1.29 is 9.15 Å². The molecule has 6 nitrogen and oxygen atoms in total. The van der Waals surface area contributed by atoms with E-state index in [1.165, 1.54) is 11.3 Å². The van der Waals surface area contributed by atoms with E-state index in [4.69, 9.17) is 9.15 Å². The first kappa shape index (κ1) is 17.1. The number of hydrogen-bond donors (Lipinski definition) is 1.